The van der Waals surface area contributed by atoms with E-state index in [2.05, 4.69) is 26.6 Å². The van der Waals surface area contributed by atoms with Gasteiger partial charge in [-0.1, -0.05) is 26.7 Å². The lowest BCUT2D eigenvalue weighted by Gasteiger charge is -2.34. The molecule has 0 heterocycles. The van der Waals surface area contributed by atoms with Crippen molar-refractivity contribution in [2.24, 2.45) is 5.92 Å². The molecule has 0 saturated carbocycles. The monoisotopic (exact) mass is 306 g/mol. The molecule has 0 aromatic carbocycles. The average molecular weight is 307 g/mol. The van der Waals surface area contributed by atoms with Crippen LogP contribution in [0.2, 0.25) is 31.7 Å². The number of carbonyl (C=O) groups is 1. The largest absolute Gasteiger partial charge is 0.481 e. The highest BCUT2D eigenvalue weighted by atomic mass is 28.4. The summed E-state index contributed by atoms with van der Waals surface area (Å²) in [5.74, 6) is -1.00. The van der Waals surface area contributed by atoms with Gasteiger partial charge in [0.2, 0.25) is 0 Å². The van der Waals surface area contributed by atoms with Gasteiger partial charge in [-0.2, -0.15) is 0 Å². The zero-order valence-electron chi connectivity index (χ0n) is 13.3. The molecule has 2 unspecified atom stereocenters. The predicted octanol–water partition coefficient (Wildman–Crippen LogP) is 3.84. The van der Waals surface area contributed by atoms with Gasteiger partial charge in [-0.15, -0.1) is 0 Å². The Labute approximate surface area is 119 Å². The smallest absolute Gasteiger partial charge is 0.324 e. The van der Waals surface area contributed by atoms with Gasteiger partial charge < -0.3 is 13.6 Å². The van der Waals surface area contributed by atoms with E-state index in [4.69, 9.17) is 13.6 Å². The molecule has 1 N–H and O–H groups in total. The molecule has 114 valence electrons. The lowest BCUT2D eigenvalue weighted by Crippen LogP contribution is -2.48. The van der Waals surface area contributed by atoms with Gasteiger partial charge in [0.25, 0.3) is 0 Å². The summed E-state index contributed by atoms with van der Waals surface area (Å²) in [6, 6.07) is 2.02. The molecular formula is C13H30O4Si2. The highest BCUT2D eigenvalue weighted by Crippen LogP contribution is 2.25. The summed E-state index contributed by atoms with van der Waals surface area (Å²) in [6.45, 7) is 10.5. The molecule has 0 aliphatic rings. The van der Waals surface area contributed by atoms with E-state index in [9.17, 15) is 4.79 Å². The van der Waals surface area contributed by atoms with Crippen LogP contribution in [0.3, 0.4) is 0 Å². The van der Waals surface area contributed by atoms with Crippen molar-refractivity contribution in [2.45, 2.75) is 64.8 Å². The van der Waals surface area contributed by atoms with Crippen molar-refractivity contribution in [3.8, 4) is 0 Å². The van der Waals surface area contributed by atoms with Crippen molar-refractivity contribution in [1.29, 1.82) is 0 Å². The fourth-order valence-corrected chi connectivity index (χ4v) is 10.4. The average Bonchev–Trinajstić information content (AvgIpc) is 2.27. The van der Waals surface area contributed by atoms with Crippen LogP contribution < -0.4 is 0 Å². The number of aliphatic carboxylic acids is 1. The van der Waals surface area contributed by atoms with Gasteiger partial charge in [-0.05, 0) is 38.2 Å². The summed E-state index contributed by atoms with van der Waals surface area (Å²) < 4.78 is 12.0. The standard InChI is InChI=1S/C13H30O4Si2/c1-7-10-18(4,5)17-19(6,16-3)11-8-9-12(2)13(14)15/h12H,7-11H2,1-6H3,(H,14,15). The van der Waals surface area contributed by atoms with Gasteiger partial charge in [0.1, 0.15) is 0 Å². The van der Waals surface area contributed by atoms with Crippen LogP contribution in [0.1, 0.15) is 33.1 Å². The van der Waals surface area contributed by atoms with Gasteiger partial charge in [0.15, 0.2) is 8.32 Å². The van der Waals surface area contributed by atoms with Crippen LogP contribution in [0.15, 0.2) is 0 Å². The molecule has 6 heteroatoms. The second kappa shape index (κ2) is 8.19. The molecule has 0 aliphatic carbocycles. The van der Waals surface area contributed by atoms with Crippen molar-refractivity contribution in [2.75, 3.05) is 7.11 Å². The van der Waals surface area contributed by atoms with E-state index in [1.54, 1.807) is 14.0 Å². The Morgan fingerprint density at radius 1 is 1.26 bits per heavy atom. The molecule has 4 nitrogen and oxygen atoms in total. The first-order valence-corrected chi connectivity index (χ1v) is 12.8. The Balaban J connectivity index is 4.33. The van der Waals surface area contributed by atoms with E-state index >= 15 is 0 Å². The number of carboxylic acids is 1. The summed E-state index contributed by atoms with van der Waals surface area (Å²) in [5.41, 5.74) is 0. The molecule has 0 fully saturated rings. The number of hydrogen-bond donors (Lipinski definition) is 1. The lowest BCUT2D eigenvalue weighted by atomic mass is 10.1. The zero-order chi connectivity index (χ0) is 15.1. The van der Waals surface area contributed by atoms with E-state index in [-0.39, 0.29) is 5.92 Å². The molecule has 0 rings (SSSR count). The molecule has 0 amide bonds. The van der Waals surface area contributed by atoms with Crippen LogP contribution >= 0.6 is 0 Å². The van der Waals surface area contributed by atoms with Crippen LogP contribution in [0.25, 0.3) is 0 Å². The molecular weight excluding hydrogens is 276 g/mol. The Morgan fingerprint density at radius 2 is 1.84 bits per heavy atom. The Morgan fingerprint density at radius 3 is 2.26 bits per heavy atom. The van der Waals surface area contributed by atoms with E-state index < -0.39 is 22.8 Å². The molecule has 0 spiro atoms. The van der Waals surface area contributed by atoms with E-state index in [1.165, 1.54) is 0 Å². The van der Waals surface area contributed by atoms with Gasteiger partial charge in [0, 0.05) is 7.11 Å². The molecule has 0 aliphatic heterocycles. The van der Waals surface area contributed by atoms with Crippen LogP contribution in [-0.4, -0.2) is 35.1 Å². The maximum absolute atomic E-state index is 10.8. The highest BCUT2D eigenvalue weighted by molar-refractivity contribution is 6.82. The number of carboxylic acid groups (broad SMARTS) is 1. The maximum Gasteiger partial charge on any atom is 0.324 e. The number of hydrogen-bond acceptors (Lipinski definition) is 3. The molecule has 0 aromatic heterocycles. The SMILES string of the molecule is CCC[Si](C)(C)O[Si](C)(CCCC(C)C(=O)O)OC. The van der Waals surface area contributed by atoms with Gasteiger partial charge in [0.05, 0.1) is 5.92 Å². The van der Waals surface area contributed by atoms with Crippen molar-refractivity contribution >= 4 is 22.8 Å². The summed E-state index contributed by atoms with van der Waals surface area (Å²) >= 11 is 0. The third kappa shape index (κ3) is 7.86. The Bertz CT molecular complexity index is 284. The topological polar surface area (TPSA) is 55.8 Å². The first-order chi connectivity index (χ1) is 8.66. The fourth-order valence-electron chi connectivity index (χ4n) is 2.29. The van der Waals surface area contributed by atoms with Crippen LogP contribution in [0.4, 0.5) is 0 Å². The second-order valence-electron chi connectivity index (χ2n) is 6.08. The van der Waals surface area contributed by atoms with Gasteiger partial charge in [-0.25, -0.2) is 0 Å². The fraction of sp³-hybridized carbons (Fsp3) is 0.923. The normalized spacial score (nSPS) is 16.9. The summed E-state index contributed by atoms with van der Waals surface area (Å²) in [4.78, 5) is 10.8. The molecule has 0 bridgehead atoms. The minimum Gasteiger partial charge on any atom is -0.481 e. The molecule has 0 radical (unpaired) electrons. The summed E-state index contributed by atoms with van der Waals surface area (Å²) in [6.07, 6.45) is 2.70. The van der Waals surface area contributed by atoms with E-state index in [1.807, 2.05) is 0 Å². The number of rotatable bonds is 10. The van der Waals surface area contributed by atoms with Crippen LogP contribution in [-0.2, 0) is 13.3 Å². The minimum atomic E-state index is -2.13. The summed E-state index contributed by atoms with van der Waals surface area (Å²) in [7, 11) is -2.04. The third-order valence-corrected chi connectivity index (χ3v) is 11.2. The molecule has 0 aromatic rings. The van der Waals surface area contributed by atoms with Gasteiger partial charge >= 0.3 is 14.5 Å². The molecule has 2 atom stereocenters. The predicted molar refractivity (Wildman–Crippen MR) is 83.1 cm³/mol. The van der Waals surface area contributed by atoms with Crippen molar-refractivity contribution in [3.63, 3.8) is 0 Å². The van der Waals surface area contributed by atoms with Crippen molar-refractivity contribution < 1.29 is 18.4 Å². The molecule has 19 heavy (non-hydrogen) atoms. The Kier molecular flexibility index (Phi) is 8.11. The lowest BCUT2D eigenvalue weighted by molar-refractivity contribution is -0.141. The second-order valence-corrected chi connectivity index (χ2v) is 14.1. The van der Waals surface area contributed by atoms with Crippen LogP contribution in [0, 0.1) is 5.92 Å². The first kappa shape index (κ1) is 18.8. The maximum atomic E-state index is 10.8. The van der Waals surface area contributed by atoms with E-state index in [0.717, 1.165) is 24.9 Å². The Hall–Kier alpha value is -0.176. The van der Waals surface area contributed by atoms with Crippen molar-refractivity contribution in [1.82, 2.24) is 0 Å². The van der Waals surface area contributed by atoms with Gasteiger partial charge in [-0.3, -0.25) is 4.79 Å². The third-order valence-electron chi connectivity index (χ3n) is 3.47. The van der Waals surface area contributed by atoms with Crippen molar-refractivity contribution in [3.05, 3.63) is 0 Å². The minimum absolute atomic E-state index is 0.281. The zero-order valence-corrected chi connectivity index (χ0v) is 15.3. The quantitative estimate of drug-likeness (QED) is 0.623. The van der Waals surface area contributed by atoms with E-state index in [0.29, 0.717) is 6.42 Å². The van der Waals surface area contributed by atoms with Crippen LogP contribution in [0.5, 0.6) is 0 Å². The first-order valence-electron chi connectivity index (χ1n) is 7.14. The summed E-state index contributed by atoms with van der Waals surface area (Å²) in [5, 5.41) is 8.88. The molecule has 0 saturated heterocycles. The highest BCUT2D eigenvalue weighted by Gasteiger charge is 2.37.